The van der Waals surface area contributed by atoms with E-state index in [-0.39, 0.29) is 0 Å². The van der Waals surface area contributed by atoms with Crippen LogP contribution >= 0.6 is 0 Å². The lowest BCUT2D eigenvalue weighted by Crippen LogP contribution is -2.38. The van der Waals surface area contributed by atoms with Crippen molar-refractivity contribution in [2.75, 3.05) is 40.0 Å². The normalized spacial score (nSPS) is 19.9. The minimum atomic E-state index is 0.424. The van der Waals surface area contributed by atoms with Crippen LogP contribution in [0.5, 0.6) is 11.6 Å². The van der Waals surface area contributed by atoms with Gasteiger partial charge in [0.15, 0.2) is 5.75 Å². The van der Waals surface area contributed by atoms with E-state index in [9.17, 15) is 0 Å². The first kappa shape index (κ1) is 18.7. The van der Waals surface area contributed by atoms with E-state index in [0.29, 0.717) is 43.3 Å². The summed E-state index contributed by atoms with van der Waals surface area (Å²) in [5, 5.41) is 3.49. The summed E-state index contributed by atoms with van der Waals surface area (Å²) < 4.78 is 16.9. The van der Waals surface area contributed by atoms with Crippen molar-refractivity contribution in [1.29, 1.82) is 0 Å². The summed E-state index contributed by atoms with van der Waals surface area (Å²) in [4.78, 5) is 4.31. The van der Waals surface area contributed by atoms with E-state index in [1.165, 1.54) is 5.56 Å². The average molecular weight is 356 g/mol. The lowest BCUT2D eigenvalue weighted by Gasteiger charge is -2.32. The Morgan fingerprint density at radius 1 is 1.08 bits per heavy atom. The third-order valence-electron chi connectivity index (χ3n) is 4.76. The van der Waals surface area contributed by atoms with Gasteiger partial charge in [-0.15, -0.1) is 0 Å². The van der Waals surface area contributed by atoms with Gasteiger partial charge in [-0.05, 0) is 36.6 Å². The lowest BCUT2D eigenvalue weighted by atomic mass is 9.81. The first-order valence-electron chi connectivity index (χ1n) is 9.33. The van der Waals surface area contributed by atoms with E-state index in [0.717, 1.165) is 25.9 Å². The molecule has 1 aromatic heterocycles. The monoisotopic (exact) mass is 356 g/mol. The highest BCUT2D eigenvalue weighted by molar-refractivity contribution is 5.32. The number of benzene rings is 1. The summed E-state index contributed by atoms with van der Waals surface area (Å²) >= 11 is 0. The van der Waals surface area contributed by atoms with Crippen molar-refractivity contribution in [1.82, 2.24) is 10.3 Å². The van der Waals surface area contributed by atoms with E-state index < -0.39 is 0 Å². The molecule has 1 aromatic carbocycles. The summed E-state index contributed by atoms with van der Waals surface area (Å²) in [6, 6.07) is 14.5. The number of rotatable bonds is 9. The van der Waals surface area contributed by atoms with Crippen molar-refractivity contribution in [3.8, 4) is 11.6 Å². The molecule has 3 rings (SSSR count). The summed E-state index contributed by atoms with van der Waals surface area (Å²) in [6.45, 7) is 3.90. The first-order chi connectivity index (χ1) is 12.9. The molecule has 0 radical (unpaired) electrons. The van der Waals surface area contributed by atoms with Gasteiger partial charge in [-0.25, -0.2) is 4.98 Å². The van der Waals surface area contributed by atoms with E-state index in [1.807, 2.05) is 12.1 Å². The topological polar surface area (TPSA) is 52.6 Å². The maximum absolute atomic E-state index is 6.13. The molecule has 2 atom stereocenters. The smallest absolute Gasteiger partial charge is 0.256 e. The van der Waals surface area contributed by atoms with Gasteiger partial charge >= 0.3 is 0 Å². The van der Waals surface area contributed by atoms with Crippen LogP contribution in [0.2, 0.25) is 0 Å². The van der Waals surface area contributed by atoms with Crippen molar-refractivity contribution >= 4 is 0 Å². The number of aromatic nitrogens is 1. The summed E-state index contributed by atoms with van der Waals surface area (Å²) in [5.41, 5.74) is 1.39. The molecule has 0 spiro atoms. The zero-order valence-electron chi connectivity index (χ0n) is 15.4. The number of piperidine rings is 1. The molecule has 0 amide bonds. The molecule has 140 valence electrons. The van der Waals surface area contributed by atoms with Crippen molar-refractivity contribution in [2.24, 2.45) is 5.92 Å². The molecule has 0 saturated carbocycles. The molecule has 2 unspecified atom stereocenters. The molecule has 1 saturated heterocycles. The Balaban J connectivity index is 1.60. The van der Waals surface area contributed by atoms with Crippen molar-refractivity contribution in [3.63, 3.8) is 0 Å². The summed E-state index contributed by atoms with van der Waals surface area (Å²) in [6.07, 6.45) is 3.69. The largest absolute Gasteiger partial charge is 0.488 e. The van der Waals surface area contributed by atoms with Gasteiger partial charge in [-0.1, -0.05) is 30.3 Å². The average Bonchev–Trinajstić information content (AvgIpc) is 2.71. The molecule has 5 heteroatoms. The molecular weight excluding hydrogens is 328 g/mol. The van der Waals surface area contributed by atoms with Crippen molar-refractivity contribution < 1.29 is 14.2 Å². The van der Waals surface area contributed by atoms with Gasteiger partial charge in [0.25, 0.3) is 5.88 Å². The van der Waals surface area contributed by atoms with E-state index in [1.54, 1.807) is 13.3 Å². The van der Waals surface area contributed by atoms with Crippen LogP contribution in [0.3, 0.4) is 0 Å². The quantitative estimate of drug-likeness (QED) is 0.699. The second-order valence-electron chi connectivity index (χ2n) is 6.58. The lowest BCUT2D eigenvalue weighted by molar-refractivity contribution is 0.162. The fourth-order valence-electron chi connectivity index (χ4n) is 3.40. The van der Waals surface area contributed by atoms with Crippen LogP contribution < -0.4 is 14.8 Å². The molecule has 5 nitrogen and oxygen atoms in total. The van der Waals surface area contributed by atoms with Gasteiger partial charge in [-0.2, -0.15) is 0 Å². The highest BCUT2D eigenvalue weighted by Gasteiger charge is 2.27. The third kappa shape index (κ3) is 5.19. The molecule has 1 N–H and O–H groups in total. The Labute approximate surface area is 155 Å². The molecule has 1 fully saturated rings. The fourth-order valence-corrected chi connectivity index (χ4v) is 3.40. The molecular formula is C21H28N2O3. The molecule has 1 aliphatic rings. The van der Waals surface area contributed by atoms with Gasteiger partial charge < -0.3 is 19.5 Å². The van der Waals surface area contributed by atoms with Crippen LogP contribution in [0.4, 0.5) is 0 Å². The Bertz CT molecular complexity index is 651. The molecule has 1 aliphatic heterocycles. The van der Waals surface area contributed by atoms with Crippen molar-refractivity contribution in [3.05, 3.63) is 54.2 Å². The highest BCUT2D eigenvalue weighted by Crippen LogP contribution is 2.32. The minimum absolute atomic E-state index is 0.424. The van der Waals surface area contributed by atoms with E-state index in [2.05, 4.69) is 40.6 Å². The maximum Gasteiger partial charge on any atom is 0.256 e. The minimum Gasteiger partial charge on any atom is -0.488 e. The molecule has 26 heavy (non-hydrogen) atoms. The fraction of sp³-hybridized carbons (Fsp3) is 0.476. The van der Waals surface area contributed by atoms with Crippen molar-refractivity contribution in [2.45, 2.75) is 18.8 Å². The van der Waals surface area contributed by atoms with Gasteiger partial charge in [0.1, 0.15) is 0 Å². The first-order valence-corrected chi connectivity index (χ1v) is 9.33. The molecule has 0 aliphatic carbocycles. The van der Waals surface area contributed by atoms with Gasteiger partial charge in [0.05, 0.1) is 13.2 Å². The molecule has 2 aromatic rings. The number of hydrogen-bond acceptors (Lipinski definition) is 5. The zero-order valence-corrected chi connectivity index (χ0v) is 15.4. The number of hydrogen-bond donors (Lipinski definition) is 1. The number of nitrogens with one attached hydrogen (secondary N) is 1. The molecule has 0 bridgehead atoms. The van der Waals surface area contributed by atoms with Gasteiger partial charge in [-0.3, -0.25) is 0 Å². The zero-order chi connectivity index (χ0) is 18.0. The second kappa shape index (κ2) is 10.1. The van der Waals surface area contributed by atoms with E-state index in [4.69, 9.17) is 14.2 Å². The predicted molar refractivity (Wildman–Crippen MR) is 102 cm³/mol. The predicted octanol–water partition coefficient (Wildman–Crippen LogP) is 3.27. The van der Waals surface area contributed by atoms with Crippen LogP contribution in [0.25, 0.3) is 0 Å². The summed E-state index contributed by atoms with van der Waals surface area (Å²) in [7, 11) is 1.69. The highest BCUT2D eigenvalue weighted by atomic mass is 16.5. The Kier molecular flexibility index (Phi) is 7.28. The standard InChI is InChI=1S/C21H28N2O3/c1-24-13-6-14-25-21-20(9-5-11-23-21)26-16-18-15-22-12-10-19(18)17-7-3-2-4-8-17/h2-5,7-9,11,18-19,22H,6,10,12-16H2,1H3. The van der Waals surface area contributed by atoms with Crippen LogP contribution in [-0.2, 0) is 4.74 Å². The van der Waals surface area contributed by atoms with E-state index >= 15 is 0 Å². The van der Waals surface area contributed by atoms with Crippen LogP contribution in [0.15, 0.2) is 48.7 Å². The second-order valence-corrected chi connectivity index (χ2v) is 6.58. The number of nitrogens with zero attached hydrogens (tertiary/aromatic N) is 1. The van der Waals surface area contributed by atoms with Gasteiger partial charge in [0, 0.05) is 38.8 Å². The Morgan fingerprint density at radius 3 is 2.81 bits per heavy atom. The molecule has 2 heterocycles. The van der Waals surface area contributed by atoms with Gasteiger partial charge in [0.2, 0.25) is 0 Å². The summed E-state index contributed by atoms with van der Waals surface area (Å²) in [5.74, 6) is 2.21. The van der Waals surface area contributed by atoms with Crippen LogP contribution in [0, 0.1) is 5.92 Å². The van der Waals surface area contributed by atoms with Crippen LogP contribution in [-0.4, -0.2) is 45.0 Å². The third-order valence-corrected chi connectivity index (χ3v) is 4.76. The number of methoxy groups -OCH3 is 1. The number of pyridine rings is 1. The Morgan fingerprint density at radius 2 is 1.96 bits per heavy atom. The SMILES string of the molecule is COCCCOc1ncccc1OCC1CNCCC1c1ccccc1. The van der Waals surface area contributed by atoms with Crippen LogP contribution in [0.1, 0.15) is 24.3 Å². The number of ether oxygens (including phenoxy) is 3. The maximum atomic E-state index is 6.13. The Hall–Kier alpha value is -2.11.